The average molecular weight is 358 g/mol. The predicted molar refractivity (Wildman–Crippen MR) is 100 cm³/mol. The highest BCUT2D eigenvalue weighted by Gasteiger charge is 2.56. The Bertz CT molecular complexity index is 667. The third kappa shape index (κ3) is 3.75. The molecule has 0 radical (unpaired) electrons. The second-order valence-corrected chi connectivity index (χ2v) is 8.14. The molecule has 2 fully saturated rings. The molecule has 0 bridgehead atoms. The second-order valence-electron chi connectivity index (χ2n) is 8.14. The second kappa shape index (κ2) is 7.35. The van der Waals surface area contributed by atoms with Gasteiger partial charge in [-0.05, 0) is 42.7 Å². The molecular weight excluding hydrogens is 328 g/mol. The van der Waals surface area contributed by atoms with Crippen LogP contribution in [0.2, 0.25) is 0 Å². The molecule has 1 aromatic heterocycles. The highest BCUT2D eigenvalue weighted by molar-refractivity contribution is 6.07. The van der Waals surface area contributed by atoms with E-state index in [0.29, 0.717) is 24.7 Å². The van der Waals surface area contributed by atoms with Crippen LogP contribution in [0.3, 0.4) is 0 Å². The minimum Gasteiger partial charge on any atom is -0.369 e. The molecule has 1 saturated heterocycles. The average Bonchev–Trinajstić information content (AvgIpc) is 3.33. The fraction of sp³-hybridized carbons (Fsp3) is 0.650. The SMILES string of the molecule is CCc1ccc(CN2C[C@H](NC(=O)C3(C(N)=O)CC3)[C@@H](C(C)C)C2)nc1. The van der Waals surface area contributed by atoms with Crippen LogP contribution >= 0.6 is 0 Å². The molecule has 1 aliphatic heterocycles. The zero-order valence-corrected chi connectivity index (χ0v) is 16.0. The highest BCUT2D eigenvalue weighted by atomic mass is 16.2. The Morgan fingerprint density at radius 1 is 1.35 bits per heavy atom. The van der Waals surface area contributed by atoms with Crippen molar-refractivity contribution in [1.82, 2.24) is 15.2 Å². The van der Waals surface area contributed by atoms with Gasteiger partial charge < -0.3 is 11.1 Å². The maximum Gasteiger partial charge on any atom is 0.235 e. The minimum absolute atomic E-state index is 0.0502. The van der Waals surface area contributed by atoms with Crippen LogP contribution in [0.1, 0.15) is 44.9 Å². The monoisotopic (exact) mass is 358 g/mol. The minimum atomic E-state index is -0.952. The number of rotatable bonds is 7. The maximum absolute atomic E-state index is 12.6. The van der Waals surface area contributed by atoms with Gasteiger partial charge in [0.1, 0.15) is 5.41 Å². The van der Waals surface area contributed by atoms with Crippen LogP contribution < -0.4 is 11.1 Å². The number of aryl methyl sites for hydroxylation is 1. The van der Waals surface area contributed by atoms with Crippen molar-refractivity contribution in [3.05, 3.63) is 29.6 Å². The normalized spacial score (nSPS) is 24.6. The summed E-state index contributed by atoms with van der Waals surface area (Å²) in [7, 11) is 0. The molecule has 2 amide bonds. The van der Waals surface area contributed by atoms with Gasteiger partial charge in [-0.3, -0.25) is 19.5 Å². The van der Waals surface area contributed by atoms with E-state index in [0.717, 1.165) is 31.7 Å². The van der Waals surface area contributed by atoms with Crippen LogP contribution in [0.5, 0.6) is 0 Å². The molecule has 26 heavy (non-hydrogen) atoms. The van der Waals surface area contributed by atoms with Gasteiger partial charge >= 0.3 is 0 Å². The lowest BCUT2D eigenvalue weighted by Gasteiger charge is -2.24. The number of pyridine rings is 1. The van der Waals surface area contributed by atoms with Crippen LogP contribution in [-0.4, -0.2) is 40.8 Å². The summed E-state index contributed by atoms with van der Waals surface area (Å²) in [6.45, 7) is 8.96. The molecule has 0 unspecified atom stereocenters. The van der Waals surface area contributed by atoms with Gasteiger partial charge in [0, 0.05) is 31.9 Å². The molecule has 2 heterocycles. The summed E-state index contributed by atoms with van der Waals surface area (Å²) in [4.78, 5) is 31.1. The van der Waals surface area contributed by atoms with Crippen molar-refractivity contribution in [2.75, 3.05) is 13.1 Å². The van der Waals surface area contributed by atoms with Crippen molar-refractivity contribution in [2.45, 2.75) is 52.6 Å². The number of carbonyl (C=O) groups excluding carboxylic acids is 2. The lowest BCUT2D eigenvalue weighted by molar-refractivity contribution is -0.136. The summed E-state index contributed by atoms with van der Waals surface area (Å²) in [6.07, 6.45) is 4.08. The number of likely N-dealkylation sites (tertiary alicyclic amines) is 1. The molecular formula is C20H30N4O2. The van der Waals surface area contributed by atoms with E-state index in [1.54, 1.807) is 0 Å². The number of carbonyl (C=O) groups is 2. The van der Waals surface area contributed by atoms with E-state index in [2.05, 4.69) is 48.1 Å². The summed E-state index contributed by atoms with van der Waals surface area (Å²) < 4.78 is 0. The fourth-order valence-corrected chi connectivity index (χ4v) is 3.87. The van der Waals surface area contributed by atoms with Crippen molar-refractivity contribution in [1.29, 1.82) is 0 Å². The lowest BCUT2D eigenvalue weighted by atomic mass is 9.90. The molecule has 2 atom stereocenters. The number of hydrogen-bond donors (Lipinski definition) is 2. The van der Waals surface area contributed by atoms with E-state index >= 15 is 0 Å². The van der Waals surface area contributed by atoms with Crippen molar-refractivity contribution in [3.63, 3.8) is 0 Å². The van der Waals surface area contributed by atoms with Crippen LogP contribution in [0.15, 0.2) is 18.3 Å². The molecule has 6 heteroatoms. The van der Waals surface area contributed by atoms with Gasteiger partial charge in [-0.25, -0.2) is 0 Å². The Hall–Kier alpha value is -1.95. The number of hydrogen-bond acceptors (Lipinski definition) is 4. The number of nitrogens with one attached hydrogen (secondary N) is 1. The summed E-state index contributed by atoms with van der Waals surface area (Å²) >= 11 is 0. The van der Waals surface area contributed by atoms with Crippen LogP contribution in [0.25, 0.3) is 0 Å². The Morgan fingerprint density at radius 3 is 2.58 bits per heavy atom. The molecule has 3 rings (SSSR count). The Balaban J connectivity index is 1.64. The number of amides is 2. The molecule has 3 N–H and O–H groups in total. The van der Waals surface area contributed by atoms with Gasteiger partial charge in [0.05, 0.1) is 5.69 Å². The summed E-state index contributed by atoms with van der Waals surface area (Å²) in [6, 6.07) is 4.26. The van der Waals surface area contributed by atoms with Gasteiger partial charge in [0.15, 0.2) is 0 Å². The molecule has 1 saturated carbocycles. The van der Waals surface area contributed by atoms with E-state index < -0.39 is 11.3 Å². The first-order chi connectivity index (χ1) is 12.4. The van der Waals surface area contributed by atoms with Crippen molar-refractivity contribution in [2.24, 2.45) is 23.0 Å². The first-order valence-corrected chi connectivity index (χ1v) is 9.62. The Kier molecular flexibility index (Phi) is 5.32. The molecule has 2 aliphatic rings. The van der Waals surface area contributed by atoms with Gasteiger partial charge in [-0.1, -0.05) is 26.8 Å². The van der Waals surface area contributed by atoms with Crippen molar-refractivity contribution >= 4 is 11.8 Å². The van der Waals surface area contributed by atoms with Crippen LogP contribution in [-0.2, 0) is 22.6 Å². The van der Waals surface area contributed by atoms with Gasteiger partial charge in [-0.2, -0.15) is 0 Å². The quantitative estimate of drug-likeness (QED) is 0.723. The number of nitrogens with two attached hydrogens (primary N) is 1. The largest absolute Gasteiger partial charge is 0.369 e. The predicted octanol–water partition coefficient (Wildman–Crippen LogP) is 1.48. The molecule has 6 nitrogen and oxygen atoms in total. The molecule has 142 valence electrons. The van der Waals surface area contributed by atoms with Crippen LogP contribution in [0.4, 0.5) is 0 Å². The lowest BCUT2D eigenvalue weighted by Crippen LogP contribution is -2.48. The molecule has 1 aliphatic carbocycles. The third-order valence-electron chi connectivity index (χ3n) is 5.95. The van der Waals surface area contributed by atoms with Gasteiger partial charge in [-0.15, -0.1) is 0 Å². The molecule has 0 spiro atoms. The highest BCUT2D eigenvalue weighted by Crippen LogP contribution is 2.45. The molecule has 1 aromatic rings. The zero-order chi connectivity index (χ0) is 18.9. The Morgan fingerprint density at radius 2 is 2.08 bits per heavy atom. The topological polar surface area (TPSA) is 88.3 Å². The molecule has 0 aromatic carbocycles. The smallest absolute Gasteiger partial charge is 0.235 e. The third-order valence-corrected chi connectivity index (χ3v) is 5.95. The van der Waals surface area contributed by atoms with E-state index in [1.165, 1.54) is 5.56 Å². The van der Waals surface area contributed by atoms with Crippen molar-refractivity contribution < 1.29 is 9.59 Å². The van der Waals surface area contributed by atoms with E-state index in [9.17, 15) is 9.59 Å². The van der Waals surface area contributed by atoms with E-state index in [-0.39, 0.29) is 11.9 Å². The summed E-state index contributed by atoms with van der Waals surface area (Å²) in [5, 5.41) is 3.13. The van der Waals surface area contributed by atoms with Crippen LogP contribution in [0, 0.1) is 17.3 Å². The first-order valence-electron chi connectivity index (χ1n) is 9.62. The zero-order valence-electron chi connectivity index (χ0n) is 16.0. The number of aromatic nitrogens is 1. The first kappa shape index (κ1) is 18.8. The number of primary amides is 1. The Labute approximate surface area is 155 Å². The van der Waals surface area contributed by atoms with E-state index in [4.69, 9.17) is 5.73 Å². The fourth-order valence-electron chi connectivity index (χ4n) is 3.87. The van der Waals surface area contributed by atoms with E-state index in [1.807, 2.05) is 6.20 Å². The summed E-state index contributed by atoms with van der Waals surface area (Å²) in [5.41, 5.74) is 6.77. The van der Waals surface area contributed by atoms with Crippen molar-refractivity contribution in [3.8, 4) is 0 Å². The number of nitrogens with zero attached hydrogens (tertiary/aromatic N) is 2. The maximum atomic E-state index is 12.6. The standard InChI is InChI=1S/C20H30N4O2/c1-4-14-5-6-15(22-9-14)10-24-11-16(13(2)3)17(12-24)23-19(26)20(7-8-20)18(21)25/h5-6,9,13,16-17H,4,7-8,10-12H2,1-3H3,(H2,21,25)(H,23,26)/t16-,17+/m1/s1. The van der Waals surface area contributed by atoms with Gasteiger partial charge in [0.2, 0.25) is 11.8 Å². The summed E-state index contributed by atoms with van der Waals surface area (Å²) in [5.74, 6) is 0.126. The van der Waals surface area contributed by atoms with Gasteiger partial charge in [0.25, 0.3) is 0 Å².